The lowest BCUT2D eigenvalue weighted by molar-refractivity contribution is 0.0696. The number of aromatic nitrogens is 1. The molecular weight excluding hydrogens is 275 g/mol. The molecule has 0 amide bonds. The number of rotatable bonds is 2. The van der Waals surface area contributed by atoms with E-state index in [9.17, 15) is 4.79 Å². The van der Waals surface area contributed by atoms with Crippen molar-refractivity contribution in [2.75, 3.05) is 5.73 Å². The van der Waals surface area contributed by atoms with E-state index in [2.05, 4.69) is 4.98 Å². The van der Waals surface area contributed by atoms with Crippen LogP contribution in [0.25, 0.3) is 11.3 Å². The van der Waals surface area contributed by atoms with E-state index in [0.717, 1.165) is 0 Å². The van der Waals surface area contributed by atoms with E-state index >= 15 is 0 Å². The zero-order valence-corrected chi connectivity index (χ0v) is 10.5. The maximum atomic E-state index is 10.8. The Morgan fingerprint density at radius 1 is 1.28 bits per heavy atom. The predicted octanol–water partition coefficient (Wildman–Crippen LogP) is 3.34. The molecule has 6 heteroatoms. The van der Waals surface area contributed by atoms with Crippen LogP contribution in [0.4, 0.5) is 5.69 Å². The second kappa shape index (κ2) is 4.84. The normalized spacial score (nSPS) is 10.3. The Hall–Kier alpha value is -1.78. The van der Waals surface area contributed by atoms with E-state index in [1.807, 2.05) is 0 Å². The summed E-state index contributed by atoms with van der Waals surface area (Å²) in [5.41, 5.74) is 6.88. The van der Waals surface area contributed by atoms with Crippen LogP contribution in [0.15, 0.2) is 30.5 Å². The van der Waals surface area contributed by atoms with Gasteiger partial charge in [0.05, 0.1) is 27.0 Å². The van der Waals surface area contributed by atoms with Crippen molar-refractivity contribution in [2.45, 2.75) is 0 Å². The van der Waals surface area contributed by atoms with Crippen molar-refractivity contribution < 1.29 is 9.90 Å². The van der Waals surface area contributed by atoms with Crippen molar-refractivity contribution in [3.05, 3.63) is 46.1 Å². The van der Waals surface area contributed by atoms with Crippen LogP contribution in [0, 0.1) is 0 Å². The molecule has 1 aromatic heterocycles. The summed E-state index contributed by atoms with van der Waals surface area (Å²) in [6.45, 7) is 0. The maximum absolute atomic E-state index is 10.8. The van der Waals surface area contributed by atoms with Crippen LogP contribution in [0.1, 0.15) is 10.4 Å². The van der Waals surface area contributed by atoms with Gasteiger partial charge in [0.15, 0.2) is 0 Å². The quantitative estimate of drug-likeness (QED) is 0.886. The molecule has 0 spiro atoms. The average molecular weight is 283 g/mol. The van der Waals surface area contributed by atoms with Gasteiger partial charge < -0.3 is 10.8 Å². The van der Waals surface area contributed by atoms with Gasteiger partial charge in [0.25, 0.3) is 0 Å². The van der Waals surface area contributed by atoms with Gasteiger partial charge in [-0.25, -0.2) is 4.79 Å². The number of carboxylic acids is 1. The van der Waals surface area contributed by atoms with Gasteiger partial charge >= 0.3 is 5.97 Å². The van der Waals surface area contributed by atoms with Crippen LogP contribution < -0.4 is 5.73 Å². The van der Waals surface area contributed by atoms with E-state index in [1.54, 1.807) is 18.2 Å². The highest BCUT2D eigenvalue weighted by Gasteiger charge is 2.14. The van der Waals surface area contributed by atoms with E-state index in [4.69, 9.17) is 34.0 Å². The molecule has 1 heterocycles. The zero-order chi connectivity index (χ0) is 13.3. The lowest BCUT2D eigenvalue weighted by Gasteiger charge is -2.09. The number of nitrogens with two attached hydrogens (primary N) is 1. The molecule has 0 aliphatic rings. The van der Waals surface area contributed by atoms with Crippen LogP contribution in [0.2, 0.25) is 10.0 Å². The monoisotopic (exact) mass is 282 g/mol. The van der Waals surface area contributed by atoms with Crippen molar-refractivity contribution in [1.29, 1.82) is 0 Å². The van der Waals surface area contributed by atoms with E-state index in [0.29, 0.717) is 21.3 Å². The molecule has 2 rings (SSSR count). The number of nitrogens with zero attached hydrogens (tertiary/aromatic N) is 1. The molecule has 92 valence electrons. The summed E-state index contributed by atoms with van der Waals surface area (Å²) >= 11 is 12.1. The van der Waals surface area contributed by atoms with Crippen molar-refractivity contribution in [2.24, 2.45) is 0 Å². The Morgan fingerprint density at radius 2 is 1.89 bits per heavy atom. The molecule has 2 aromatic rings. The number of anilines is 1. The van der Waals surface area contributed by atoms with Gasteiger partial charge in [-0.2, -0.15) is 0 Å². The summed E-state index contributed by atoms with van der Waals surface area (Å²) in [5.74, 6) is -1.09. The molecule has 4 nitrogen and oxygen atoms in total. The second-order valence-corrected chi connectivity index (χ2v) is 4.38. The van der Waals surface area contributed by atoms with Crippen LogP contribution >= 0.6 is 23.2 Å². The Bertz CT molecular complexity index is 609. The summed E-state index contributed by atoms with van der Waals surface area (Å²) in [7, 11) is 0. The summed E-state index contributed by atoms with van der Waals surface area (Å²) < 4.78 is 0. The highest BCUT2D eigenvalue weighted by molar-refractivity contribution is 6.39. The first-order valence-corrected chi connectivity index (χ1v) is 5.69. The number of halogens is 2. The van der Waals surface area contributed by atoms with Crippen LogP contribution in [-0.2, 0) is 0 Å². The van der Waals surface area contributed by atoms with Crippen LogP contribution in [0.3, 0.4) is 0 Å². The van der Waals surface area contributed by atoms with Gasteiger partial charge in [-0.1, -0.05) is 29.3 Å². The molecular formula is C12H8Cl2N2O2. The molecule has 0 fully saturated rings. The molecule has 1 aromatic carbocycles. The first-order chi connectivity index (χ1) is 8.50. The SMILES string of the molecule is Nc1cc(C(=O)O)cnc1-c1c(Cl)cccc1Cl. The molecule has 3 N–H and O–H groups in total. The van der Waals surface area contributed by atoms with Gasteiger partial charge in [0.1, 0.15) is 0 Å². The molecule has 0 saturated carbocycles. The number of hydrogen-bond donors (Lipinski definition) is 2. The minimum absolute atomic E-state index is 0.0134. The lowest BCUT2D eigenvalue weighted by Crippen LogP contribution is -2.02. The molecule has 0 aliphatic heterocycles. The lowest BCUT2D eigenvalue weighted by atomic mass is 10.1. The standard InChI is InChI=1S/C12H8Cl2N2O2/c13-7-2-1-3-8(14)10(7)11-9(15)4-6(5-16-11)12(17)18/h1-5H,15H2,(H,17,18). The molecule has 0 radical (unpaired) electrons. The summed E-state index contributed by atoms with van der Waals surface area (Å²) in [6.07, 6.45) is 1.22. The molecule has 18 heavy (non-hydrogen) atoms. The maximum Gasteiger partial charge on any atom is 0.337 e. The molecule has 0 unspecified atom stereocenters. The van der Waals surface area contributed by atoms with Crippen molar-refractivity contribution in [3.8, 4) is 11.3 Å². The zero-order valence-electron chi connectivity index (χ0n) is 9.02. The third kappa shape index (κ3) is 2.25. The Kier molecular flexibility index (Phi) is 3.41. The number of aromatic carboxylic acids is 1. The minimum Gasteiger partial charge on any atom is -0.478 e. The van der Waals surface area contributed by atoms with Gasteiger partial charge in [-0.15, -0.1) is 0 Å². The Labute approximate surface area is 113 Å². The third-order valence-electron chi connectivity index (χ3n) is 2.36. The molecule has 0 atom stereocenters. The first-order valence-electron chi connectivity index (χ1n) is 4.94. The first kappa shape index (κ1) is 12.7. The fourth-order valence-electron chi connectivity index (χ4n) is 1.53. The predicted molar refractivity (Wildman–Crippen MR) is 71.1 cm³/mol. The van der Waals surface area contributed by atoms with Crippen molar-refractivity contribution >= 4 is 34.9 Å². The fraction of sp³-hybridized carbons (Fsp3) is 0. The van der Waals surface area contributed by atoms with Crippen LogP contribution in [-0.4, -0.2) is 16.1 Å². The van der Waals surface area contributed by atoms with Gasteiger partial charge in [-0.3, -0.25) is 4.98 Å². The molecule has 0 bridgehead atoms. The summed E-state index contributed by atoms with van der Waals surface area (Å²) in [6, 6.07) is 6.35. The number of pyridine rings is 1. The van der Waals surface area contributed by atoms with Crippen molar-refractivity contribution in [3.63, 3.8) is 0 Å². The largest absolute Gasteiger partial charge is 0.478 e. The number of carbonyl (C=O) groups is 1. The number of hydrogen-bond acceptors (Lipinski definition) is 3. The Morgan fingerprint density at radius 3 is 2.39 bits per heavy atom. The highest BCUT2D eigenvalue weighted by atomic mass is 35.5. The third-order valence-corrected chi connectivity index (χ3v) is 2.99. The van der Waals surface area contributed by atoms with Gasteiger partial charge in [0, 0.05) is 11.8 Å². The smallest absolute Gasteiger partial charge is 0.337 e. The number of benzene rings is 1. The highest BCUT2D eigenvalue weighted by Crippen LogP contribution is 2.36. The Balaban J connectivity index is 2.62. The average Bonchev–Trinajstić information content (AvgIpc) is 2.30. The topological polar surface area (TPSA) is 76.2 Å². The van der Waals surface area contributed by atoms with E-state index < -0.39 is 5.97 Å². The van der Waals surface area contributed by atoms with Crippen LogP contribution in [0.5, 0.6) is 0 Å². The fourth-order valence-corrected chi connectivity index (χ4v) is 2.11. The van der Waals surface area contributed by atoms with Crippen molar-refractivity contribution in [1.82, 2.24) is 4.98 Å². The molecule has 0 aliphatic carbocycles. The molecule has 0 saturated heterocycles. The van der Waals surface area contributed by atoms with Gasteiger partial charge in [-0.05, 0) is 18.2 Å². The summed E-state index contributed by atoms with van der Waals surface area (Å²) in [4.78, 5) is 14.8. The van der Waals surface area contributed by atoms with E-state index in [-0.39, 0.29) is 11.3 Å². The number of nitrogen functional groups attached to an aromatic ring is 1. The summed E-state index contributed by atoms with van der Waals surface area (Å²) in [5, 5.41) is 9.65. The minimum atomic E-state index is -1.09. The second-order valence-electron chi connectivity index (χ2n) is 3.56. The van der Waals surface area contributed by atoms with Gasteiger partial charge in [0.2, 0.25) is 0 Å². The van der Waals surface area contributed by atoms with E-state index in [1.165, 1.54) is 12.3 Å². The number of carboxylic acid groups (broad SMARTS) is 1.